The maximum Gasteiger partial charge on any atom is 0.323 e. The van der Waals surface area contributed by atoms with E-state index in [-0.39, 0.29) is 6.03 Å². The van der Waals surface area contributed by atoms with Crippen LogP contribution in [0.25, 0.3) is 22.2 Å². The molecule has 0 unspecified atom stereocenters. The van der Waals surface area contributed by atoms with E-state index in [4.69, 9.17) is 19.2 Å². The molecule has 1 fully saturated rings. The van der Waals surface area contributed by atoms with E-state index in [0.717, 1.165) is 40.9 Å². The van der Waals surface area contributed by atoms with E-state index in [0.29, 0.717) is 36.1 Å². The van der Waals surface area contributed by atoms with Gasteiger partial charge < -0.3 is 29.7 Å². The number of pyridine rings is 1. The Morgan fingerprint density at radius 2 is 1.70 bits per heavy atom. The smallest absolute Gasteiger partial charge is 0.323 e. The Kier molecular flexibility index (Phi) is 7.09. The van der Waals surface area contributed by atoms with E-state index in [9.17, 15) is 4.79 Å². The van der Waals surface area contributed by atoms with Crippen LogP contribution in [0.3, 0.4) is 0 Å². The summed E-state index contributed by atoms with van der Waals surface area (Å²) in [6.07, 6.45) is 0. The minimum absolute atomic E-state index is 0.386. The third-order valence-electron chi connectivity index (χ3n) is 6.40. The van der Waals surface area contributed by atoms with Gasteiger partial charge in [-0.15, -0.1) is 0 Å². The molecule has 0 atom stereocenters. The van der Waals surface area contributed by atoms with Crippen LogP contribution in [-0.4, -0.2) is 51.5 Å². The number of aryl methyl sites for hydroxylation is 1. The van der Waals surface area contributed by atoms with Crippen LogP contribution in [0.5, 0.6) is 11.5 Å². The van der Waals surface area contributed by atoms with Crippen molar-refractivity contribution >= 4 is 34.0 Å². The number of nitrogens with zero attached hydrogens (tertiary/aromatic N) is 2. The lowest BCUT2D eigenvalue weighted by atomic mass is 10.0. The third-order valence-corrected chi connectivity index (χ3v) is 6.40. The number of fused-ring (bicyclic) bond motifs is 1. The molecule has 1 aromatic heterocycles. The van der Waals surface area contributed by atoms with Gasteiger partial charge in [0.05, 0.1) is 44.3 Å². The lowest BCUT2D eigenvalue weighted by Crippen LogP contribution is -2.36. The molecule has 2 heterocycles. The van der Waals surface area contributed by atoms with Crippen LogP contribution in [-0.2, 0) is 4.74 Å². The number of morpholine rings is 1. The maximum absolute atomic E-state index is 12.9. The molecular weight excluding hydrogens is 468 g/mol. The molecule has 1 aliphatic rings. The second-order valence-corrected chi connectivity index (χ2v) is 8.87. The van der Waals surface area contributed by atoms with Gasteiger partial charge in [-0.3, -0.25) is 0 Å². The number of hydrogen-bond acceptors (Lipinski definition) is 6. The van der Waals surface area contributed by atoms with Gasteiger partial charge in [-0.25, -0.2) is 9.78 Å². The Labute approximate surface area is 216 Å². The minimum Gasteiger partial charge on any atom is -0.497 e. The fourth-order valence-corrected chi connectivity index (χ4v) is 4.42. The second kappa shape index (κ2) is 10.8. The number of methoxy groups -OCH3 is 2. The topological polar surface area (TPSA) is 85.0 Å². The summed E-state index contributed by atoms with van der Waals surface area (Å²) in [6.45, 7) is 5.01. The monoisotopic (exact) mass is 498 g/mol. The molecule has 4 aromatic rings. The zero-order valence-corrected chi connectivity index (χ0v) is 21.2. The number of urea groups is 1. The first-order valence-electron chi connectivity index (χ1n) is 12.2. The van der Waals surface area contributed by atoms with Crippen LogP contribution in [0.15, 0.2) is 66.7 Å². The second-order valence-electron chi connectivity index (χ2n) is 8.87. The number of amides is 2. The molecule has 2 N–H and O–H groups in total. The molecule has 0 saturated carbocycles. The Bertz CT molecular complexity index is 1420. The zero-order valence-electron chi connectivity index (χ0n) is 21.2. The number of nitrogens with one attached hydrogen (secondary N) is 2. The van der Waals surface area contributed by atoms with Crippen LogP contribution >= 0.6 is 0 Å². The molecule has 1 saturated heterocycles. The van der Waals surface area contributed by atoms with E-state index < -0.39 is 0 Å². The molecule has 37 heavy (non-hydrogen) atoms. The predicted octanol–water partition coefficient (Wildman–Crippen LogP) is 5.71. The summed E-state index contributed by atoms with van der Waals surface area (Å²) in [7, 11) is 3.13. The molecule has 0 aliphatic carbocycles. The normalized spacial score (nSPS) is 13.3. The molecule has 190 valence electrons. The molecule has 0 radical (unpaired) electrons. The van der Waals surface area contributed by atoms with Crippen molar-refractivity contribution in [3.8, 4) is 22.8 Å². The lowest BCUT2D eigenvalue weighted by molar-refractivity contribution is 0.123. The number of hydrogen-bond donors (Lipinski definition) is 2. The van der Waals surface area contributed by atoms with Gasteiger partial charge in [-0.1, -0.05) is 29.8 Å². The number of anilines is 3. The minimum atomic E-state index is -0.386. The van der Waals surface area contributed by atoms with E-state index in [1.54, 1.807) is 32.4 Å². The quantitative estimate of drug-likeness (QED) is 0.354. The Hall–Kier alpha value is -4.30. The first-order valence-corrected chi connectivity index (χ1v) is 12.2. The Morgan fingerprint density at radius 3 is 2.43 bits per heavy atom. The highest BCUT2D eigenvalue weighted by Crippen LogP contribution is 2.34. The van der Waals surface area contributed by atoms with E-state index >= 15 is 0 Å². The van der Waals surface area contributed by atoms with Gasteiger partial charge in [-0.05, 0) is 43.3 Å². The average Bonchev–Trinajstić information content (AvgIpc) is 2.93. The molecular formula is C29H30N4O4. The zero-order chi connectivity index (χ0) is 25.8. The van der Waals surface area contributed by atoms with Crippen LogP contribution in [0.2, 0.25) is 0 Å². The number of benzene rings is 3. The van der Waals surface area contributed by atoms with Gasteiger partial charge in [-0.2, -0.15) is 0 Å². The highest BCUT2D eigenvalue weighted by Gasteiger charge is 2.18. The Balaban J connectivity index is 1.47. The van der Waals surface area contributed by atoms with Crippen molar-refractivity contribution in [2.24, 2.45) is 0 Å². The van der Waals surface area contributed by atoms with Crippen LogP contribution < -0.4 is 25.0 Å². The van der Waals surface area contributed by atoms with Crippen molar-refractivity contribution in [3.63, 3.8) is 0 Å². The number of aromatic nitrogens is 1. The maximum atomic E-state index is 12.9. The average molecular weight is 499 g/mol. The van der Waals surface area contributed by atoms with Crippen LogP contribution in [0.4, 0.5) is 21.9 Å². The first-order chi connectivity index (χ1) is 18.0. The summed E-state index contributed by atoms with van der Waals surface area (Å²) in [6, 6.07) is 21.1. The molecule has 5 rings (SSSR count). The third kappa shape index (κ3) is 5.44. The molecule has 2 amide bonds. The Morgan fingerprint density at radius 1 is 0.919 bits per heavy atom. The van der Waals surface area contributed by atoms with Crippen LogP contribution in [0.1, 0.15) is 5.56 Å². The fraction of sp³-hybridized carbons (Fsp3) is 0.241. The molecule has 1 aliphatic heterocycles. The van der Waals surface area contributed by atoms with Gasteiger partial charge in [0.2, 0.25) is 0 Å². The number of rotatable bonds is 6. The molecule has 3 aromatic carbocycles. The summed E-state index contributed by atoms with van der Waals surface area (Å²) >= 11 is 0. The SMILES string of the molecule is COc1ccc(OC)c(NC(=O)Nc2ccc3nc(-c4ccc(C)cc4)cc(N4CCOCC4)c3c2)c1. The highest BCUT2D eigenvalue weighted by molar-refractivity contribution is 6.03. The van der Waals surface area contributed by atoms with Crippen molar-refractivity contribution in [2.45, 2.75) is 6.92 Å². The van der Waals surface area contributed by atoms with Gasteiger partial charge in [0.15, 0.2) is 0 Å². The number of ether oxygens (including phenoxy) is 3. The van der Waals surface area contributed by atoms with Crippen molar-refractivity contribution in [1.29, 1.82) is 0 Å². The summed E-state index contributed by atoms with van der Waals surface area (Å²) in [4.78, 5) is 20.1. The number of carbonyl (C=O) groups is 1. The summed E-state index contributed by atoms with van der Waals surface area (Å²) < 4.78 is 16.2. The number of carbonyl (C=O) groups excluding carboxylic acids is 1. The predicted molar refractivity (Wildman–Crippen MR) is 147 cm³/mol. The summed E-state index contributed by atoms with van der Waals surface area (Å²) in [5, 5.41) is 6.75. The standard InChI is InChI=1S/C29H30N4O4/c1-19-4-6-20(7-5-19)25-18-27(33-12-14-37-15-13-33)23-16-21(8-10-24(23)31-25)30-29(34)32-26-17-22(35-2)9-11-28(26)36-3/h4-11,16-18H,12-15H2,1-3H3,(H2,30,32,34). The summed E-state index contributed by atoms with van der Waals surface area (Å²) in [5.74, 6) is 1.16. The van der Waals surface area contributed by atoms with Gasteiger partial charge >= 0.3 is 6.03 Å². The van der Waals surface area contributed by atoms with Crippen molar-refractivity contribution < 1.29 is 19.0 Å². The molecule has 0 spiro atoms. The van der Waals surface area contributed by atoms with E-state index in [1.807, 2.05) is 18.2 Å². The van der Waals surface area contributed by atoms with Crippen molar-refractivity contribution in [1.82, 2.24) is 4.98 Å². The lowest BCUT2D eigenvalue weighted by Gasteiger charge is -2.30. The highest BCUT2D eigenvalue weighted by atomic mass is 16.5. The first kappa shape index (κ1) is 24.4. The molecule has 8 heteroatoms. The van der Waals surface area contributed by atoms with Gasteiger partial charge in [0, 0.05) is 41.5 Å². The van der Waals surface area contributed by atoms with Crippen molar-refractivity contribution in [3.05, 3.63) is 72.3 Å². The molecule has 8 nitrogen and oxygen atoms in total. The van der Waals surface area contributed by atoms with Gasteiger partial charge in [0.25, 0.3) is 0 Å². The van der Waals surface area contributed by atoms with E-state index in [2.05, 4.69) is 52.8 Å². The summed E-state index contributed by atoms with van der Waals surface area (Å²) in [5.41, 5.74) is 6.29. The van der Waals surface area contributed by atoms with Crippen LogP contribution in [0, 0.1) is 6.92 Å². The van der Waals surface area contributed by atoms with E-state index in [1.165, 1.54) is 5.56 Å². The molecule has 0 bridgehead atoms. The van der Waals surface area contributed by atoms with Crippen molar-refractivity contribution in [2.75, 3.05) is 56.1 Å². The largest absolute Gasteiger partial charge is 0.497 e. The van der Waals surface area contributed by atoms with Gasteiger partial charge in [0.1, 0.15) is 11.5 Å². The fourth-order valence-electron chi connectivity index (χ4n) is 4.42.